The molecule has 17 heavy (non-hydrogen) atoms. The van der Waals surface area contributed by atoms with Crippen molar-refractivity contribution in [2.24, 2.45) is 17.8 Å². The molecule has 2 heteroatoms. The van der Waals surface area contributed by atoms with Gasteiger partial charge in [-0.3, -0.25) is 0 Å². The van der Waals surface area contributed by atoms with Gasteiger partial charge in [-0.05, 0) is 50.4 Å². The fourth-order valence-electron chi connectivity index (χ4n) is 3.37. The molecule has 2 nitrogen and oxygen atoms in total. The minimum atomic E-state index is -0.194. The predicted octanol–water partition coefficient (Wildman–Crippen LogP) is 3.71. The highest BCUT2D eigenvalue weighted by molar-refractivity contribution is 5.87. The summed E-state index contributed by atoms with van der Waals surface area (Å²) in [7, 11) is 0. The second-order valence-corrected chi connectivity index (χ2v) is 6.06. The number of hydrogen-bond acceptors (Lipinski definition) is 2. The van der Waals surface area contributed by atoms with Crippen LogP contribution in [-0.2, 0) is 9.53 Å². The quantitative estimate of drug-likeness (QED) is 0.549. The molecular formula is C15H24O2. The minimum absolute atomic E-state index is 0.157. The lowest BCUT2D eigenvalue weighted by Crippen LogP contribution is -2.35. The van der Waals surface area contributed by atoms with Crippen LogP contribution in [-0.4, -0.2) is 11.6 Å². The molecule has 0 bridgehead atoms. The zero-order valence-corrected chi connectivity index (χ0v) is 11.3. The smallest absolute Gasteiger partial charge is 0.333 e. The fraction of sp³-hybridized carbons (Fsp3) is 0.800. The summed E-state index contributed by atoms with van der Waals surface area (Å²) >= 11 is 0. The van der Waals surface area contributed by atoms with Gasteiger partial charge < -0.3 is 4.74 Å². The van der Waals surface area contributed by atoms with Crippen molar-refractivity contribution < 1.29 is 9.53 Å². The van der Waals surface area contributed by atoms with Crippen molar-refractivity contribution in [2.75, 3.05) is 0 Å². The normalized spacial score (nSPS) is 36.9. The molecule has 0 N–H and O–H groups in total. The maximum absolute atomic E-state index is 11.8. The van der Waals surface area contributed by atoms with E-state index in [2.05, 4.69) is 20.4 Å². The number of rotatable bonds is 4. The van der Waals surface area contributed by atoms with Crippen LogP contribution in [0, 0.1) is 17.8 Å². The summed E-state index contributed by atoms with van der Waals surface area (Å²) in [6, 6.07) is 0. The fourth-order valence-corrected chi connectivity index (χ4v) is 3.37. The molecule has 0 spiro atoms. The van der Waals surface area contributed by atoms with E-state index in [1.807, 2.05) is 0 Å². The zero-order chi connectivity index (χ0) is 12.6. The third-order valence-corrected chi connectivity index (χ3v) is 4.57. The van der Waals surface area contributed by atoms with E-state index in [-0.39, 0.29) is 11.6 Å². The van der Waals surface area contributed by atoms with E-state index in [0.29, 0.717) is 23.3 Å². The van der Waals surface area contributed by atoms with Crippen LogP contribution in [0.1, 0.15) is 52.9 Å². The Kier molecular flexibility index (Phi) is 3.33. The summed E-state index contributed by atoms with van der Waals surface area (Å²) in [6.45, 7) is 9.97. The second kappa shape index (κ2) is 4.47. The summed E-state index contributed by atoms with van der Waals surface area (Å²) in [5.41, 5.74) is 0.369. The molecule has 0 aromatic rings. The molecule has 0 amide bonds. The van der Waals surface area contributed by atoms with Crippen LogP contribution >= 0.6 is 0 Å². The first-order valence-corrected chi connectivity index (χ1v) is 6.87. The van der Waals surface area contributed by atoms with E-state index in [4.69, 9.17) is 4.74 Å². The van der Waals surface area contributed by atoms with Crippen molar-refractivity contribution in [1.82, 2.24) is 0 Å². The van der Waals surface area contributed by atoms with Gasteiger partial charge in [0.1, 0.15) is 5.60 Å². The van der Waals surface area contributed by atoms with Crippen LogP contribution in [0.4, 0.5) is 0 Å². The molecule has 3 atom stereocenters. The Morgan fingerprint density at radius 2 is 2.06 bits per heavy atom. The van der Waals surface area contributed by atoms with Gasteiger partial charge in [0, 0.05) is 5.57 Å². The molecule has 0 aliphatic heterocycles. The maximum Gasteiger partial charge on any atom is 0.333 e. The lowest BCUT2D eigenvalue weighted by Gasteiger charge is -2.30. The Balaban J connectivity index is 2.12. The summed E-state index contributed by atoms with van der Waals surface area (Å²) in [4.78, 5) is 11.8. The Labute approximate surface area is 104 Å². The lowest BCUT2D eigenvalue weighted by molar-refractivity contribution is -0.157. The van der Waals surface area contributed by atoms with E-state index >= 15 is 0 Å². The van der Waals surface area contributed by atoms with Crippen molar-refractivity contribution in [3.63, 3.8) is 0 Å². The largest absolute Gasteiger partial charge is 0.455 e. The minimum Gasteiger partial charge on any atom is -0.455 e. The van der Waals surface area contributed by atoms with Gasteiger partial charge >= 0.3 is 5.97 Å². The Bertz CT molecular complexity index is 330. The number of hydrogen-bond donors (Lipinski definition) is 0. The Morgan fingerprint density at radius 3 is 2.47 bits per heavy atom. The van der Waals surface area contributed by atoms with Crippen molar-refractivity contribution in [2.45, 2.75) is 58.5 Å². The predicted molar refractivity (Wildman–Crippen MR) is 68.5 cm³/mol. The molecule has 0 saturated heterocycles. The third kappa shape index (κ3) is 2.41. The third-order valence-electron chi connectivity index (χ3n) is 4.57. The molecule has 2 rings (SSSR count). The molecule has 2 saturated carbocycles. The molecule has 0 heterocycles. The van der Waals surface area contributed by atoms with Gasteiger partial charge in [-0.2, -0.15) is 0 Å². The van der Waals surface area contributed by atoms with Gasteiger partial charge in [-0.1, -0.05) is 26.8 Å². The van der Waals surface area contributed by atoms with Gasteiger partial charge in [-0.15, -0.1) is 0 Å². The summed E-state index contributed by atoms with van der Waals surface area (Å²) in [5.74, 6) is 1.82. The van der Waals surface area contributed by atoms with Crippen LogP contribution in [0.5, 0.6) is 0 Å². The van der Waals surface area contributed by atoms with Crippen molar-refractivity contribution >= 4 is 5.97 Å². The average Bonchev–Trinajstić information content (AvgIpc) is 3.05. The molecule has 3 unspecified atom stereocenters. The first-order chi connectivity index (χ1) is 7.98. The topological polar surface area (TPSA) is 26.3 Å². The Hall–Kier alpha value is -0.790. The van der Waals surface area contributed by atoms with Gasteiger partial charge in [0.2, 0.25) is 0 Å². The summed E-state index contributed by atoms with van der Waals surface area (Å²) in [6.07, 6.45) is 5.77. The second-order valence-electron chi connectivity index (χ2n) is 6.06. The molecule has 2 fully saturated rings. The monoisotopic (exact) mass is 236 g/mol. The van der Waals surface area contributed by atoms with Crippen LogP contribution in [0.15, 0.2) is 12.2 Å². The van der Waals surface area contributed by atoms with Crippen LogP contribution < -0.4 is 0 Å². The first-order valence-electron chi connectivity index (χ1n) is 6.87. The van der Waals surface area contributed by atoms with E-state index < -0.39 is 0 Å². The summed E-state index contributed by atoms with van der Waals surface area (Å²) < 4.78 is 5.85. The molecule has 2 aliphatic rings. The average molecular weight is 236 g/mol. The van der Waals surface area contributed by atoms with Crippen molar-refractivity contribution in [3.8, 4) is 0 Å². The van der Waals surface area contributed by atoms with Crippen LogP contribution in [0.25, 0.3) is 0 Å². The highest BCUT2D eigenvalue weighted by Crippen LogP contribution is 2.55. The molecule has 0 radical (unpaired) electrons. The molecule has 96 valence electrons. The zero-order valence-electron chi connectivity index (χ0n) is 11.3. The van der Waals surface area contributed by atoms with E-state index in [1.54, 1.807) is 6.92 Å². The van der Waals surface area contributed by atoms with Gasteiger partial charge in [0.25, 0.3) is 0 Å². The lowest BCUT2D eigenvalue weighted by atomic mass is 9.93. The van der Waals surface area contributed by atoms with Crippen molar-refractivity contribution in [1.29, 1.82) is 0 Å². The molecule has 2 aliphatic carbocycles. The van der Waals surface area contributed by atoms with E-state index in [9.17, 15) is 4.79 Å². The molecular weight excluding hydrogens is 212 g/mol. The summed E-state index contributed by atoms with van der Waals surface area (Å²) in [5, 5.41) is 0. The number of carbonyl (C=O) groups is 1. The van der Waals surface area contributed by atoms with Crippen molar-refractivity contribution in [3.05, 3.63) is 12.2 Å². The highest BCUT2D eigenvalue weighted by atomic mass is 16.6. The number of esters is 1. The standard InChI is InChI=1S/C15H24O2/c1-5-12-9-15(8-11(12)4,13-6-7-13)17-14(16)10(2)3/h11-13H,2,5-9H2,1,3-4H3. The number of carbonyl (C=O) groups excluding carboxylic acids is 1. The Morgan fingerprint density at radius 1 is 1.41 bits per heavy atom. The van der Waals surface area contributed by atoms with Crippen LogP contribution in [0.3, 0.4) is 0 Å². The number of ether oxygens (including phenoxy) is 1. The molecule has 0 aromatic carbocycles. The van der Waals surface area contributed by atoms with Gasteiger partial charge in [0.05, 0.1) is 0 Å². The maximum atomic E-state index is 11.8. The highest BCUT2D eigenvalue weighted by Gasteiger charge is 2.54. The molecule has 0 aromatic heterocycles. The van der Waals surface area contributed by atoms with Crippen LogP contribution in [0.2, 0.25) is 0 Å². The van der Waals surface area contributed by atoms with E-state index in [1.165, 1.54) is 19.3 Å². The SMILES string of the molecule is C=C(C)C(=O)OC1(C2CC2)CC(C)C(CC)C1. The van der Waals surface area contributed by atoms with E-state index in [0.717, 1.165) is 12.8 Å². The first kappa shape index (κ1) is 12.7. The van der Waals surface area contributed by atoms with Gasteiger partial charge in [0.15, 0.2) is 0 Å². The van der Waals surface area contributed by atoms with Gasteiger partial charge in [-0.25, -0.2) is 4.79 Å².